The van der Waals surface area contributed by atoms with E-state index in [4.69, 9.17) is 14.6 Å². The highest BCUT2D eigenvalue weighted by molar-refractivity contribution is 5.43. The number of ether oxygens (including phenoxy) is 2. The van der Waals surface area contributed by atoms with Crippen LogP contribution in [0.4, 0.5) is 4.39 Å². The van der Waals surface area contributed by atoms with Crippen LogP contribution < -0.4 is 4.74 Å². The molecule has 1 N–H and O–H groups in total. The van der Waals surface area contributed by atoms with Crippen LogP contribution in [-0.4, -0.2) is 45.6 Å². The molecule has 0 aliphatic carbocycles. The number of aliphatic hydroxyl groups is 1. The van der Waals surface area contributed by atoms with Crippen molar-refractivity contribution >= 4 is 0 Å². The first kappa shape index (κ1) is 26.5. The van der Waals surface area contributed by atoms with Crippen molar-refractivity contribution in [2.45, 2.75) is 39.5 Å². The maximum atomic E-state index is 14.5. The van der Waals surface area contributed by atoms with Crippen molar-refractivity contribution in [3.63, 3.8) is 0 Å². The molecular weight excluding hydrogens is 469 g/mol. The van der Waals surface area contributed by atoms with E-state index in [1.165, 1.54) is 6.07 Å². The third-order valence-electron chi connectivity index (χ3n) is 5.99. The SMILES string of the molecule is CCCN(Cc1c(C)nn(-c2ccccc2)c1Oc1ccccc1F)C[C@@H](O)COCc1ccccc1. The van der Waals surface area contributed by atoms with Gasteiger partial charge in [-0.25, -0.2) is 9.07 Å². The summed E-state index contributed by atoms with van der Waals surface area (Å²) in [7, 11) is 0. The third-order valence-corrected chi connectivity index (χ3v) is 5.99. The molecule has 194 valence electrons. The highest BCUT2D eigenvalue weighted by Crippen LogP contribution is 2.32. The average Bonchev–Trinajstić information content (AvgIpc) is 3.21. The Labute approximate surface area is 217 Å². The van der Waals surface area contributed by atoms with Gasteiger partial charge < -0.3 is 14.6 Å². The van der Waals surface area contributed by atoms with Gasteiger partial charge in [0.05, 0.1) is 36.3 Å². The van der Waals surface area contributed by atoms with E-state index in [1.54, 1.807) is 22.9 Å². The highest BCUT2D eigenvalue weighted by Gasteiger charge is 2.23. The van der Waals surface area contributed by atoms with Gasteiger partial charge in [-0.2, -0.15) is 5.10 Å². The van der Waals surface area contributed by atoms with E-state index in [2.05, 4.69) is 11.8 Å². The first-order valence-corrected chi connectivity index (χ1v) is 12.6. The van der Waals surface area contributed by atoms with Gasteiger partial charge in [-0.3, -0.25) is 4.90 Å². The Morgan fingerprint density at radius 1 is 0.973 bits per heavy atom. The molecule has 4 rings (SSSR count). The lowest BCUT2D eigenvalue weighted by molar-refractivity contribution is 0.00845. The molecule has 0 unspecified atom stereocenters. The molecule has 4 aromatic rings. The molecular formula is C30H34FN3O3. The van der Waals surface area contributed by atoms with Crippen LogP contribution in [0.2, 0.25) is 0 Å². The molecule has 0 radical (unpaired) electrons. The average molecular weight is 504 g/mol. The zero-order valence-corrected chi connectivity index (χ0v) is 21.4. The Morgan fingerprint density at radius 3 is 2.35 bits per heavy atom. The van der Waals surface area contributed by atoms with Gasteiger partial charge in [0.25, 0.3) is 0 Å². The summed E-state index contributed by atoms with van der Waals surface area (Å²) >= 11 is 0. The second kappa shape index (κ2) is 13.1. The van der Waals surface area contributed by atoms with E-state index >= 15 is 0 Å². The Morgan fingerprint density at radius 2 is 1.65 bits per heavy atom. The Bertz CT molecular complexity index is 1250. The molecule has 6 nitrogen and oxygen atoms in total. The Hall–Kier alpha value is -3.52. The number of hydrogen-bond donors (Lipinski definition) is 1. The van der Waals surface area contributed by atoms with E-state index in [0.29, 0.717) is 25.6 Å². The lowest BCUT2D eigenvalue weighted by Crippen LogP contribution is -2.35. The van der Waals surface area contributed by atoms with Crippen LogP contribution in [0.3, 0.4) is 0 Å². The first-order chi connectivity index (χ1) is 18.0. The van der Waals surface area contributed by atoms with Gasteiger partial charge in [-0.15, -0.1) is 0 Å². The van der Waals surface area contributed by atoms with Crippen LogP contribution in [0.5, 0.6) is 11.6 Å². The summed E-state index contributed by atoms with van der Waals surface area (Å²) in [5.74, 6) is 0.158. The van der Waals surface area contributed by atoms with Crippen molar-refractivity contribution in [1.82, 2.24) is 14.7 Å². The number of benzene rings is 3. The predicted molar refractivity (Wildman–Crippen MR) is 142 cm³/mol. The molecule has 3 aromatic carbocycles. The van der Waals surface area contributed by atoms with Crippen molar-refractivity contribution in [2.75, 3.05) is 19.7 Å². The third kappa shape index (κ3) is 7.26. The predicted octanol–water partition coefficient (Wildman–Crippen LogP) is 5.90. The van der Waals surface area contributed by atoms with Crippen LogP contribution in [0, 0.1) is 12.7 Å². The highest BCUT2D eigenvalue weighted by atomic mass is 19.1. The summed E-state index contributed by atoms with van der Waals surface area (Å²) < 4.78 is 28.2. The topological polar surface area (TPSA) is 59.8 Å². The minimum atomic E-state index is -0.657. The second-order valence-electron chi connectivity index (χ2n) is 9.04. The minimum absolute atomic E-state index is 0.136. The zero-order chi connectivity index (χ0) is 26.0. The van der Waals surface area contributed by atoms with Gasteiger partial charge in [-0.1, -0.05) is 67.6 Å². The van der Waals surface area contributed by atoms with Crippen LogP contribution in [0.25, 0.3) is 5.69 Å². The second-order valence-corrected chi connectivity index (χ2v) is 9.04. The van der Waals surface area contributed by atoms with Crippen molar-refractivity contribution in [3.05, 3.63) is 108 Å². The summed E-state index contributed by atoms with van der Waals surface area (Å²) in [6.45, 7) is 6.40. The zero-order valence-electron chi connectivity index (χ0n) is 21.4. The lowest BCUT2D eigenvalue weighted by Gasteiger charge is -2.25. The van der Waals surface area contributed by atoms with Crippen LogP contribution in [-0.2, 0) is 17.9 Å². The van der Waals surface area contributed by atoms with Crippen LogP contribution in [0.15, 0.2) is 84.9 Å². The molecule has 37 heavy (non-hydrogen) atoms. The van der Waals surface area contributed by atoms with Gasteiger partial charge in [0, 0.05) is 13.1 Å². The number of para-hydroxylation sites is 2. The Balaban J connectivity index is 1.53. The maximum absolute atomic E-state index is 14.5. The van der Waals surface area contributed by atoms with Gasteiger partial charge in [0.1, 0.15) is 0 Å². The van der Waals surface area contributed by atoms with Crippen molar-refractivity contribution in [1.29, 1.82) is 0 Å². The fourth-order valence-corrected chi connectivity index (χ4v) is 4.21. The molecule has 0 bridgehead atoms. The smallest absolute Gasteiger partial charge is 0.227 e. The number of aromatic nitrogens is 2. The molecule has 0 spiro atoms. The van der Waals surface area contributed by atoms with E-state index in [1.807, 2.05) is 67.6 Å². The Kier molecular flexibility index (Phi) is 9.43. The number of aryl methyl sites for hydroxylation is 1. The van der Waals surface area contributed by atoms with Crippen LogP contribution in [0.1, 0.15) is 30.2 Å². The molecule has 0 aliphatic heterocycles. The fourth-order valence-electron chi connectivity index (χ4n) is 4.21. The monoisotopic (exact) mass is 503 g/mol. The molecule has 0 saturated heterocycles. The molecule has 1 heterocycles. The van der Waals surface area contributed by atoms with Gasteiger partial charge in [-0.05, 0) is 49.7 Å². The fraction of sp³-hybridized carbons (Fsp3) is 0.300. The number of halogens is 1. The van der Waals surface area contributed by atoms with Crippen molar-refractivity contribution in [3.8, 4) is 17.3 Å². The summed E-state index contributed by atoms with van der Waals surface area (Å²) in [5.41, 5.74) is 3.52. The summed E-state index contributed by atoms with van der Waals surface area (Å²) in [6.07, 6.45) is 0.253. The molecule has 0 fully saturated rings. The summed E-state index contributed by atoms with van der Waals surface area (Å²) in [5, 5.41) is 15.5. The van der Waals surface area contributed by atoms with E-state index < -0.39 is 11.9 Å². The summed E-state index contributed by atoms with van der Waals surface area (Å²) in [6, 6.07) is 25.9. The molecule has 0 saturated carbocycles. The summed E-state index contributed by atoms with van der Waals surface area (Å²) in [4.78, 5) is 2.16. The molecule has 0 amide bonds. The van der Waals surface area contributed by atoms with Crippen LogP contribution >= 0.6 is 0 Å². The standard InChI is InChI=1S/C30H34FN3O3/c1-3-18-33(19-26(35)22-36-21-24-12-6-4-7-13-24)20-27-23(2)32-34(25-14-8-5-9-15-25)30(27)37-29-17-11-10-16-28(29)31/h4-17,26,35H,3,18-22H2,1-2H3/t26-/m1/s1. The normalized spacial score (nSPS) is 12.1. The lowest BCUT2D eigenvalue weighted by atomic mass is 10.2. The molecule has 7 heteroatoms. The molecule has 1 atom stereocenters. The van der Waals surface area contributed by atoms with Gasteiger partial charge in [0.15, 0.2) is 11.6 Å². The number of rotatable bonds is 13. The number of hydrogen-bond acceptors (Lipinski definition) is 5. The largest absolute Gasteiger partial charge is 0.435 e. The maximum Gasteiger partial charge on any atom is 0.227 e. The number of aliphatic hydroxyl groups excluding tert-OH is 1. The van der Waals surface area contributed by atoms with E-state index in [9.17, 15) is 9.50 Å². The van der Waals surface area contributed by atoms with Crippen molar-refractivity contribution < 1.29 is 19.0 Å². The minimum Gasteiger partial charge on any atom is -0.435 e. The van der Waals surface area contributed by atoms with Gasteiger partial charge >= 0.3 is 0 Å². The van der Waals surface area contributed by atoms with Gasteiger partial charge in [0.2, 0.25) is 5.88 Å². The number of nitrogens with zero attached hydrogens (tertiary/aromatic N) is 3. The quantitative estimate of drug-likeness (QED) is 0.246. The van der Waals surface area contributed by atoms with Crippen molar-refractivity contribution in [2.24, 2.45) is 0 Å². The first-order valence-electron chi connectivity index (χ1n) is 12.6. The van der Waals surface area contributed by atoms with E-state index in [0.717, 1.165) is 35.5 Å². The molecule has 0 aliphatic rings. The molecule has 1 aromatic heterocycles. The van der Waals surface area contributed by atoms with E-state index in [-0.39, 0.29) is 12.4 Å².